The van der Waals surface area contributed by atoms with Crippen molar-refractivity contribution in [1.82, 2.24) is 4.72 Å². The van der Waals surface area contributed by atoms with Gasteiger partial charge in [-0.05, 0) is 26.0 Å². The summed E-state index contributed by atoms with van der Waals surface area (Å²) in [5.74, 6) is -1.49. The van der Waals surface area contributed by atoms with Gasteiger partial charge in [0.15, 0.2) is 6.10 Å². The number of hydrogen-bond acceptors (Lipinski definition) is 6. The van der Waals surface area contributed by atoms with Crippen LogP contribution >= 0.6 is 0 Å². The van der Waals surface area contributed by atoms with Crippen molar-refractivity contribution in [3.05, 3.63) is 29.8 Å². The molecule has 1 heterocycles. The number of hydrogen-bond donors (Lipinski definition) is 2. The van der Waals surface area contributed by atoms with E-state index in [1.807, 2.05) is 0 Å². The Hall–Kier alpha value is -2.42. The quantitative estimate of drug-likeness (QED) is 0.723. The minimum absolute atomic E-state index is 0.0618. The summed E-state index contributed by atoms with van der Waals surface area (Å²) in [7, 11) is -3.67. The van der Waals surface area contributed by atoms with E-state index in [0.717, 1.165) is 0 Å². The maximum Gasteiger partial charge on any atom is 0.331 e. The van der Waals surface area contributed by atoms with Crippen LogP contribution in [0.25, 0.3) is 0 Å². The van der Waals surface area contributed by atoms with Gasteiger partial charge in [-0.15, -0.1) is 0 Å². The number of nitrogens with one attached hydrogen (secondary N) is 1. The van der Waals surface area contributed by atoms with Crippen LogP contribution in [0.15, 0.2) is 34.2 Å². The minimum atomic E-state index is -3.67. The van der Waals surface area contributed by atoms with E-state index in [4.69, 9.17) is 10.5 Å². The molecule has 0 spiro atoms. The number of benzene rings is 1. The van der Waals surface area contributed by atoms with E-state index in [1.54, 1.807) is 18.2 Å². The predicted octanol–water partition coefficient (Wildman–Crippen LogP) is -0.469. The SMILES string of the molecule is C[C@H](OC(=O)[C@@H](C)N=C1NS(=O)(=O)c2ccccc21)C(N)=O. The fourth-order valence-corrected chi connectivity index (χ4v) is 3.05. The van der Waals surface area contributed by atoms with Crippen LogP contribution in [-0.4, -0.2) is 38.3 Å². The Bertz CT molecular complexity index is 757. The number of nitrogens with zero attached hydrogens (tertiary/aromatic N) is 1. The number of carbonyl (C=O) groups is 2. The van der Waals surface area contributed by atoms with Gasteiger partial charge in [-0.25, -0.2) is 13.2 Å². The van der Waals surface area contributed by atoms with Gasteiger partial charge in [-0.2, -0.15) is 0 Å². The third-order valence-electron chi connectivity index (χ3n) is 3.02. The van der Waals surface area contributed by atoms with Gasteiger partial charge in [0.25, 0.3) is 15.9 Å². The molecule has 1 amide bonds. The van der Waals surface area contributed by atoms with Crippen LogP contribution in [0, 0.1) is 0 Å². The lowest BCUT2D eigenvalue weighted by Gasteiger charge is -2.12. The van der Waals surface area contributed by atoms with Crippen molar-refractivity contribution in [2.75, 3.05) is 0 Å². The summed E-state index contributed by atoms with van der Waals surface area (Å²) in [6.07, 6.45) is -1.08. The molecule has 1 aliphatic rings. The average Bonchev–Trinajstić information content (AvgIpc) is 2.70. The molecule has 0 radical (unpaired) electrons. The van der Waals surface area contributed by atoms with Gasteiger partial charge in [0.05, 0.1) is 4.90 Å². The van der Waals surface area contributed by atoms with Crippen LogP contribution in [0.3, 0.4) is 0 Å². The molecule has 0 saturated heterocycles. The van der Waals surface area contributed by atoms with Crippen molar-refractivity contribution in [3.63, 3.8) is 0 Å². The monoisotopic (exact) mass is 325 g/mol. The molecule has 9 heteroatoms. The zero-order valence-electron chi connectivity index (χ0n) is 11.9. The van der Waals surface area contributed by atoms with Crippen LogP contribution in [-0.2, 0) is 24.3 Å². The van der Waals surface area contributed by atoms with Crippen molar-refractivity contribution in [1.29, 1.82) is 0 Å². The molecule has 3 N–H and O–H groups in total. The van der Waals surface area contributed by atoms with Crippen molar-refractivity contribution in [2.24, 2.45) is 10.7 Å². The molecular formula is C13H15N3O5S. The minimum Gasteiger partial charge on any atom is -0.451 e. The molecule has 0 aromatic heterocycles. The van der Waals surface area contributed by atoms with Gasteiger partial charge in [0, 0.05) is 5.56 Å². The van der Waals surface area contributed by atoms with E-state index < -0.39 is 34.0 Å². The lowest BCUT2D eigenvalue weighted by Crippen LogP contribution is -2.34. The first kappa shape index (κ1) is 16.0. The first-order valence-corrected chi connectivity index (χ1v) is 7.90. The number of amidine groups is 1. The van der Waals surface area contributed by atoms with Crippen LogP contribution < -0.4 is 10.5 Å². The maximum absolute atomic E-state index is 11.9. The number of carbonyl (C=O) groups excluding carboxylic acids is 2. The third kappa shape index (κ3) is 3.08. The van der Waals surface area contributed by atoms with Crippen LogP contribution in [0.4, 0.5) is 0 Å². The van der Waals surface area contributed by atoms with Gasteiger partial charge >= 0.3 is 5.97 Å². The van der Waals surface area contributed by atoms with Crippen LogP contribution in [0.1, 0.15) is 19.4 Å². The van der Waals surface area contributed by atoms with Gasteiger partial charge < -0.3 is 10.5 Å². The van der Waals surface area contributed by atoms with Crippen LogP contribution in [0.2, 0.25) is 0 Å². The first-order chi connectivity index (χ1) is 10.2. The van der Waals surface area contributed by atoms with E-state index in [-0.39, 0.29) is 10.7 Å². The number of rotatable bonds is 4. The number of primary amides is 1. The predicted molar refractivity (Wildman–Crippen MR) is 77.5 cm³/mol. The second-order valence-electron chi connectivity index (χ2n) is 4.74. The lowest BCUT2D eigenvalue weighted by atomic mass is 10.2. The smallest absolute Gasteiger partial charge is 0.331 e. The van der Waals surface area contributed by atoms with Crippen molar-refractivity contribution in [3.8, 4) is 0 Å². The van der Waals surface area contributed by atoms with E-state index in [9.17, 15) is 18.0 Å². The summed E-state index contributed by atoms with van der Waals surface area (Å²) in [6, 6.07) is 5.28. The molecule has 0 unspecified atom stereocenters. The van der Waals surface area contributed by atoms with E-state index >= 15 is 0 Å². The summed E-state index contributed by atoms with van der Waals surface area (Å²) >= 11 is 0. The third-order valence-corrected chi connectivity index (χ3v) is 4.42. The Balaban J connectivity index is 2.24. The molecule has 0 fully saturated rings. The Kier molecular flexibility index (Phi) is 4.18. The summed E-state index contributed by atoms with van der Waals surface area (Å²) in [5, 5.41) is 0. The highest BCUT2D eigenvalue weighted by molar-refractivity contribution is 7.90. The highest BCUT2D eigenvalue weighted by Crippen LogP contribution is 2.22. The molecule has 8 nitrogen and oxygen atoms in total. The molecule has 0 saturated carbocycles. The Labute approximate surface area is 127 Å². The number of ether oxygens (including phenoxy) is 1. The summed E-state index contributed by atoms with van der Waals surface area (Å²) in [4.78, 5) is 26.8. The zero-order chi connectivity index (χ0) is 16.5. The van der Waals surface area contributed by atoms with E-state index in [2.05, 4.69) is 9.71 Å². The molecule has 0 bridgehead atoms. The van der Waals surface area contributed by atoms with E-state index in [1.165, 1.54) is 19.9 Å². The molecule has 1 aliphatic heterocycles. The normalized spacial score (nSPS) is 19.8. The summed E-state index contributed by atoms with van der Waals surface area (Å²) in [6.45, 7) is 2.77. The molecule has 22 heavy (non-hydrogen) atoms. The number of nitrogens with two attached hydrogens (primary N) is 1. The van der Waals surface area contributed by atoms with Gasteiger partial charge in [-0.1, -0.05) is 12.1 Å². The average molecular weight is 325 g/mol. The molecule has 118 valence electrons. The molecule has 1 aromatic carbocycles. The van der Waals surface area contributed by atoms with Gasteiger partial charge in [0.1, 0.15) is 11.9 Å². The molecular weight excluding hydrogens is 310 g/mol. The Morgan fingerprint density at radius 3 is 2.55 bits per heavy atom. The zero-order valence-corrected chi connectivity index (χ0v) is 12.8. The van der Waals surface area contributed by atoms with Crippen molar-refractivity contribution < 1.29 is 22.7 Å². The second kappa shape index (κ2) is 5.76. The number of esters is 1. The molecule has 2 atom stereocenters. The number of aliphatic imine (C=N–C) groups is 1. The standard InChI is InChI=1S/C13H15N3O5S/c1-7(13(18)21-8(2)11(14)17)15-12-9-5-3-4-6-10(9)22(19,20)16-12/h3-8H,1-2H3,(H2,14,17)(H,15,16)/t7-,8+/m1/s1. The van der Waals surface area contributed by atoms with Crippen molar-refractivity contribution >= 4 is 27.7 Å². The molecule has 2 rings (SSSR count). The lowest BCUT2D eigenvalue weighted by molar-refractivity contribution is -0.154. The Morgan fingerprint density at radius 2 is 1.91 bits per heavy atom. The Morgan fingerprint density at radius 1 is 1.27 bits per heavy atom. The molecule has 1 aromatic rings. The van der Waals surface area contributed by atoms with Gasteiger partial charge in [0.2, 0.25) is 0 Å². The van der Waals surface area contributed by atoms with Crippen molar-refractivity contribution in [2.45, 2.75) is 30.9 Å². The number of amides is 1. The topological polar surface area (TPSA) is 128 Å². The number of sulfonamides is 1. The highest BCUT2D eigenvalue weighted by Gasteiger charge is 2.31. The molecule has 0 aliphatic carbocycles. The first-order valence-electron chi connectivity index (χ1n) is 6.42. The highest BCUT2D eigenvalue weighted by atomic mass is 32.2. The fourth-order valence-electron chi connectivity index (χ4n) is 1.81. The summed E-state index contributed by atoms with van der Waals surface area (Å²) < 4.78 is 30.9. The van der Waals surface area contributed by atoms with Gasteiger partial charge in [-0.3, -0.25) is 14.5 Å². The fraction of sp³-hybridized carbons (Fsp3) is 0.308. The summed E-state index contributed by atoms with van der Waals surface area (Å²) in [5.41, 5.74) is 5.38. The second-order valence-corrected chi connectivity index (χ2v) is 6.39. The maximum atomic E-state index is 11.9. The van der Waals surface area contributed by atoms with Crippen LogP contribution in [0.5, 0.6) is 0 Å². The van der Waals surface area contributed by atoms with E-state index in [0.29, 0.717) is 5.56 Å². The number of fused-ring (bicyclic) bond motifs is 1. The largest absolute Gasteiger partial charge is 0.451 e.